The Balaban J connectivity index is 0.885. The Hall–Kier alpha value is -2.86. The van der Waals surface area contributed by atoms with Crippen molar-refractivity contribution in [3.8, 4) is 15.5 Å². The molecule has 12 rings (SSSR count). The number of rotatable bonds is 2. The lowest BCUT2D eigenvalue weighted by Gasteiger charge is -2.40. The van der Waals surface area contributed by atoms with E-state index in [1.165, 1.54) is 72.9 Å². The topological polar surface area (TPSA) is 102 Å². The van der Waals surface area contributed by atoms with E-state index in [9.17, 15) is 19.2 Å². The van der Waals surface area contributed by atoms with Crippen LogP contribution in [0.5, 0.6) is 5.75 Å². The van der Waals surface area contributed by atoms with Gasteiger partial charge in [-0.1, -0.05) is 57.8 Å². The second-order valence-electron chi connectivity index (χ2n) is 18.1. The highest BCUT2D eigenvalue weighted by Gasteiger charge is 2.54. The number of nitrogens with zero attached hydrogens (tertiary/aromatic N) is 2. The van der Waals surface area contributed by atoms with E-state index in [-0.39, 0.29) is 58.2 Å². The quantitative estimate of drug-likeness (QED) is 0.201. The number of carbonyl (C=O) groups excluding carboxylic acids is 4. The summed E-state index contributed by atoms with van der Waals surface area (Å²) in [5, 5.41) is 1.47. The number of hydrogen-bond donors (Lipinski definition) is 0. The molecular weight excluding hydrogens is 765 g/mol. The van der Waals surface area contributed by atoms with Crippen molar-refractivity contribution in [3.05, 3.63) is 17.7 Å². The minimum atomic E-state index is -0.452. The Kier molecular flexibility index (Phi) is 7.82. The van der Waals surface area contributed by atoms with Gasteiger partial charge in [0.2, 0.25) is 0 Å². The Morgan fingerprint density at radius 1 is 0.527 bits per heavy atom. The lowest BCUT2D eigenvalue weighted by atomic mass is 9.64. The summed E-state index contributed by atoms with van der Waals surface area (Å²) in [7, 11) is 0. The molecule has 1 aliphatic heterocycles. The maximum atomic E-state index is 13.7. The first-order valence-electron chi connectivity index (χ1n) is 21.0. The van der Waals surface area contributed by atoms with E-state index < -0.39 is 5.60 Å². The second-order valence-corrected chi connectivity index (χ2v) is 22.3. The minimum Gasteiger partial charge on any atom is -0.479 e. The van der Waals surface area contributed by atoms with E-state index in [0.717, 1.165) is 86.1 Å². The van der Waals surface area contributed by atoms with Crippen LogP contribution in [0.15, 0.2) is 22.1 Å². The second kappa shape index (κ2) is 12.6. The van der Waals surface area contributed by atoms with Crippen LogP contribution in [0.1, 0.15) is 115 Å². The summed E-state index contributed by atoms with van der Waals surface area (Å²) >= 11 is 6.66. The summed E-state index contributed by atoms with van der Waals surface area (Å²) in [6.45, 7) is 0. The molecule has 0 aromatic carbocycles. The van der Waals surface area contributed by atoms with E-state index in [1.54, 1.807) is 45.3 Å². The van der Waals surface area contributed by atoms with Crippen LogP contribution in [-0.4, -0.2) is 34.6 Å². The molecule has 8 atom stereocenters. The van der Waals surface area contributed by atoms with Crippen LogP contribution in [0.3, 0.4) is 0 Å². The highest BCUT2D eigenvalue weighted by molar-refractivity contribution is 7.36. The van der Waals surface area contributed by atoms with Gasteiger partial charge in [0.05, 0.1) is 23.9 Å². The number of aliphatic imine (C=N–C) groups is 2. The van der Waals surface area contributed by atoms with Gasteiger partial charge in [-0.25, -0.2) is 9.98 Å². The molecular formula is C44H44N2O5S4. The average Bonchev–Trinajstić information content (AvgIpc) is 4.03. The van der Waals surface area contributed by atoms with E-state index in [4.69, 9.17) is 14.7 Å². The first kappa shape index (κ1) is 34.2. The van der Waals surface area contributed by atoms with Gasteiger partial charge in [-0.15, -0.1) is 45.3 Å². The van der Waals surface area contributed by atoms with Crippen molar-refractivity contribution in [2.24, 2.45) is 57.3 Å². The van der Waals surface area contributed by atoms with Gasteiger partial charge in [0, 0.05) is 33.9 Å². The van der Waals surface area contributed by atoms with E-state index in [1.807, 2.05) is 0 Å². The maximum absolute atomic E-state index is 13.7. The Morgan fingerprint density at radius 3 is 1.45 bits per heavy atom. The standard InChI is InChI=1S/C44H44N2O5S4/c47-35-24-14-20-8-2-3-9-21(20)15-25(24)36(48)33(35)45-30-18-28-40(54-30)32-42(52-28)43-39(51-44(32)12-6-1-7-13-44)41-29(53-43)19-31(55-41)46-34-37(49)26-16-22-10-4-5-11-23(22)17-27(26)38(34)50/h18-27H,1-17H2. The van der Waals surface area contributed by atoms with Crippen LogP contribution in [0, 0.1) is 47.3 Å². The van der Waals surface area contributed by atoms with Gasteiger partial charge in [0.15, 0.2) is 40.3 Å². The van der Waals surface area contributed by atoms with Crippen molar-refractivity contribution < 1.29 is 23.9 Å². The number of ether oxygens (including phenoxy) is 1. The molecule has 4 aromatic heterocycles. The molecule has 7 fully saturated rings. The summed E-state index contributed by atoms with van der Waals surface area (Å²) in [6, 6.07) is 4.15. The Bertz CT molecular complexity index is 2350. The molecule has 4 aromatic rings. The van der Waals surface area contributed by atoms with Crippen LogP contribution >= 0.6 is 45.3 Å². The number of hydrogen-bond acceptors (Lipinski definition) is 11. The van der Waals surface area contributed by atoms with Crippen LogP contribution in [-0.2, 0) is 24.8 Å². The minimum absolute atomic E-state index is 0.0181. The van der Waals surface area contributed by atoms with Crippen LogP contribution in [0.2, 0.25) is 0 Å². The third kappa shape index (κ3) is 5.07. The molecule has 11 heteroatoms. The molecule has 7 saturated carbocycles. The molecule has 5 heterocycles. The molecule has 7 aliphatic carbocycles. The molecule has 1 spiro atoms. The summed E-state index contributed by atoms with van der Waals surface area (Å²) in [5.74, 6) is 2.46. The van der Waals surface area contributed by atoms with Gasteiger partial charge in [0.1, 0.15) is 15.6 Å². The molecule has 0 amide bonds. The lowest BCUT2D eigenvalue weighted by molar-refractivity contribution is -0.123. The van der Waals surface area contributed by atoms with E-state index in [2.05, 4.69) is 12.1 Å². The zero-order valence-electron chi connectivity index (χ0n) is 30.9. The van der Waals surface area contributed by atoms with Crippen molar-refractivity contribution in [2.45, 2.75) is 115 Å². The molecule has 8 unspecified atom stereocenters. The number of carbonyl (C=O) groups is 4. The van der Waals surface area contributed by atoms with Gasteiger partial charge in [0.25, 0.3) is 0 Å². The van der Waals surface area contributed by atoms with Crippen molar-refractivity contribution in [2.75, 3.05) is 0 Å². The van der Waals surface area contributed by atoms with Crippen LogP contribution in [0.4, 0.5) is 10.0 Å². The first-order valence-corrected chi connectivity index (χ1v) is 24.3. The number of Topliss-reactive ketones (excluding diaryl/α,β-unsaturated/α-hetero) is 4. The van der Waals surface area contributed by atoms with Crippen molar-refractivity contribution in [3.63, 3.8) is 0 Å². The van der Waals surface area contributed by atoms with Crippen molar-refractivity contribution in [1.82, 2.24) is 0 Å². The van der Waals surface area contributed by atoms with Gasteiger partial charge in [-0.3, -0.25) is 19.2 Å². The number of fused-ring (bicyclic) bond motifs is 12. The number of thiophene rings is 4. The normalized spacial score (nSPS) is 33.7. The summed E-state index contributed by atoms with van der Waals surface area (Å²) in [4.78, 5) is 66.9. The monoisotopic (exact) mass is 808 g/mol. The molecule has 7 nitrogen and oxygen atoms in total. The summed E-state index contributed by atoms with van der Waals surface area (Å²) < 4.78 is 11.7. The zero-order chi connectivity index (χ0) is 36.7. The lowest BCUT2D eigenvalue weighted by Crippen LogP contribution is -2.37. The zero-order valence-corrected chi connectivity index (χ0v) is 34.1. The third-order valence-corrected chi connectivity index (χ3v) is 20.1. The molecule has 8 aliphatic rings. The third-order valence-electron chi connectivity index (χ3n) is 15.3. The molecule has 0 N–H and O–H groups in total. The Morgan fingerprint density at radius 2 is 0.964 bits per heavy atom. The highest BCUT2D eigenvalue weighted by Crippen LogP contribution is 2.63. The fourth-order valence-corrected chi connectivity index (χ4v) is 17.9. The van der Waals surface area contributed by atoms with Gasteiger partial charge >= 0.3 is 0 Å². The highest BCUT2D eigenvalue weighted by atomic mass is 32.1. The van der Waals surface area contributed by atoms with Crippen LogP contribution < -0.4 is 4.74 Å². The van der Waals surface area contributed by atoms with E-state index >= 15 is 0 Å². The molecule has 0 radical (unpaired) electrons. The number of ketones is 4. The average molecular weight is 809 g/mol. The largest absolute Gasteiger partial charge is 0.479 e. The van der Waals surface area contributed by atoms with Crippen molar-refractivity contribution >= 4 is 109 Å². The predicted molar refractivity (Wildman–Crippen MR) is 221 cm³/mol. The predicted octanol–water partition coefficient (Wildman–Crippen LogP) is 11.6. The maximum Gasteiger partial charge on any atom is 0.188 e. The molecule has 284 valence electrons. The Labute approximate surface area is 336 Å². The SMILES string of the molecule is O=C1C(=Nc2cc3sc4c(c3s2)OC2(CCCCC2)c2c-4sc3cc(N=C4C(=O)C5CC6CCCCC6CC5C4=O)sc23)C(=O)C2CC3CCCCC3CC12. The fraction of sp³-hybridized carbons (Fsp3) is 0.591. The van der Waals surface area contributed by atoms with Crippen molar-refractivity contribution in [1.29, 1.82) is 0 Å². The smallest absolute Gasteiger partial charge is 0.188 e. The summed E-state index contributed by atoms with van der Waals surface area (Å²) in [5.41, 5.74) is 1.18. The van der Waals surface area contributed by atoms with Gasteiger partial charge < -0.3 is 4.74 Å². The fourth-order valence-electron chi connectivity index (χ4n) is 12.7. The first-order chi connectivity index (χ1) is 26.8. The van der Waals surface area contributed by atoms with Gasteiger partial charge in [-0.2, -0.15) is 0 Å². The molecule has 0 bridgehead atoms. The van der Waals surface area contributed by atoms with Crippen LogP contribution in [0.25, 0.3) is 28.6 Å². The molecule has 0 saturated heterocycles. The molecule has 55 heavy (non-hydrogen) atoms. The van der Waals surface area contributed by atoms with Gasteiger partial charge in [-0.05, 0) is 87.2 Å². The summed E-state index contributed by atoms with van der Waals surface area (Å²) in [6.07, 6.45) is 18.4. The van der Waals surface area contributed by atoms with E-state index in [0.29, 0.717) is 23.7 Å².